The number of nitrogens with one attached hydrogen (secondary N) is 1. The maximum Gasteiger partial charge on any atom is 0.269 e. The molecule has 0 bridgehead atoms. The van der Waals surface area contributed by atoms with E-state index in [4.69, 9.17) is 0 Å². The van der Waals surface area contributed by atoms with Crippen LogP contribution in [-0.2, 0) is 4.79 Å². The zero-order valence-electron chi connectivity index (χ0n) is 8.76. The number of likely N-dealkylation sites (N-methyl/N-ethyl adjacent to an activating group) is 1. The molecular formula is C9H19IN2O. The Balaban J connectivity index is 0. The van der Waals surface area contributed by atoms with Crippen LogP contribution in [0, 0.1) is 0 Å². The van der Waals surface area contributed by atoms with Crippen LogP contribution in [0.2, 0.25) is 0 Å². The smallest absolute Gasteiger partial charge is 0.269 e. The highest BCUT2D eigenvalue weighted by atomic mass is 127. The molecule has 78 valence electrons. The lowest BCUT2D eigenvalue weighted by atomic mass is 10.3. The van der Waals surface area contributed by atoms with Crippen molar-refractivity contribution >= 4 is 29.9 Å². The molecule has 0 aliphatic rings. The topological polar surface area (TPSA) is 32.3 Å². The average molecular weight is 298 g/mol. The third-order valence-corrected chi connectivity index (χ3v) is 1.49. The summed E-state index contributed by atoms with van der Waals surface area (Å²) in [7, 11) is 3.50. The van der Waals surface area contributed by atoms with E-state index in [1.54, 1.807) is 25.1 Å². The van der Waals surface area contributed by atoms with E-state index < -0.39 is 0 Å². The number of halogens is 1. The summed E-state index contributed by atoms with van der Waals surface area (Å²) in [6, 6.07) is 0. The van der Waals surface area contributed by atoms with E-state index in [1.807, 2.05) is 6.92 Å². The van der Waals surface area contributed by atoms with Crippen molar-refractivity contribution in [1.29, 1.82) is 0 Å². The predicted octanol–water partition coefficient (Wildman–Crippen LogP) is 1.60. The predicted molar refractivity (Wildman–Crippen MR) is 66.2 cm³/mol. The van der Waals surface area contributed by atoms with Crippen molar-refractivity contribution in [3.8, 4) is 0 Å². The molecule has 1 N–H and O–H groups in total. The van der Waals surface area contributed by atoms with Gasteiger partial charge in [0.05, 0.1) is 5.70 Å². The number of allylic oxidation sites excluding steroid dienone is 1. The average Bonchev–Trinajstić information content (AvgIpc) is 2.05. The van der Waals surface area contributed by atoms with Gasteiger partial charge in [0.2, 0.25) is 0 Å². The van der Waals surface area contributed by atoms with Crippen LogP contribution in [0.5, 0.6) is 0 Å². The van der Waals surface area contributed by atoms with E-state index >= 15 is 0 Å². The first-order valence-electron chi connectivity index (χ1n) is 4.25. The van der Waals surface area contributed by atoms with Crippen molar-refractivity contribution in [3.05, 3.63) is 11.8 Å². The molecule has 0 aliphatic heterocycles. The van der Waals surface area contributed by atoms with Crippen molar-refractivity contribution in [1.82, 2.24) is 10.2 Å². The molecule has 0 rings (SSSR count). The van der Waals surface area contributed by atoms with Gasteiger partial charge < -0.3 is 10.2 Å². The second-order valence-corrected chi connectivity index (χ2v) is 2.83. The van der Waals surface area contributed by atoms with Crippen LogP contribution in [0.25, 0.3) is 0 Å². The highest BCUT2D eigenvalue weighted by molar-refractivity contribution is 14.0. The van der Waals surface area contributed by atoms with E-state index in [9.17, 15) is 4.79 Å². The number of rotatable bonds is 4. The zero-order chi connectivity index (χ0) is 9.56. The normalized spacial score (nSPS) is 10.3. The molecule has 0 radical (unpaired) electrons. The van der Waals surface area contributed by atoms with Crippen LogP contribution in [0.4, 0.5) is 0 Å². The zero-order valence-corrected chi connectivity index (χ0v) is 11.1. The molecule has 0 unspecified atom stereocenters. The Morgan fingerprint density at radius 2 is 2.00 bits per heavy atom. The number of hydrogen-bond acceptors (Lipinski definition) is 2. The van der Waals surface area contributed by atoms with Gasteiger partial charge in [-0.25, -0.2) is 0 Å². The van der Waals surface area contributed by atoms with Crippen LogP contribution < -0.4 is 5.32 Å². The molecular weight excluding hydrogens is 279 g/mol. The Kier molecular flexibility index (Phi) is 9.77. The molecule has 0 saturated heterocycles. The molecule has 0 fully saturated rings. The summed E-state index contributed by atoms with van der Waals surface area (Å²) >= 11 is 0. The van der Waals surface area contributed by atoms with Gasteiger partial charge in [0.25, 0.3) is 5.91 Å². The maximum atomic E-state index is 11.4. The van der Waals surface area contributed by atoms with Gasteiger partial charge in [0.1, 0.15) is 0 Å². The molecule has 3 nitrogen and oxygen atoms in total. The second-order valence-electron chi connectivity index (χ2n) is 2.83. The number of hydrogen-bond donors (Lipinski definition) is 1. The number of amides is 1. The number of carbonyl (C=O) groups is 1. The lowest BCUT2D eigenvalue weighted by Gasteiger charge is -2.14. The summed E-state index contributed by atoms with van der Waals surface area (Å²) in [6.45, 7) is 4.78. The molecule has 0 aromatic carbocycles. The molecule has 0 aromatic heterocycles. The van der Waals surface area contributed by atoms with Gasteiger partial charge in [0, 0.05) is 20.6 Å². The van der Waals surface area contributed by atoms with Gasteiger partial charge in [-0.3, -0.25) is 4.79 Å². The maximum absolute atomic E-state index is 11.4. The summed E-state index contributed by atoms with van der Waals surface area (Å²) in [5, 5.41) is 3.07. The molecule has 0 atom stereocenters. The van der Waals surface area contributed by atoms with Crippen molar-refractivity contribution in [3.63, 3.8) is 0 Å². The Morgan fingerprint density at radius 1 is 1.46 bits per heavy atom. The number of nitrogens with zero attached hydrogens (tertiary/aromatic N) is 1. The molecule has 4 heteroatoms. The third-order valence-electron chi connectivity index (χ3n) is 1.49. The van der Waals surface area contributed by atoms with Gasteiger partial charge >= 0.3 is 0 Å². The lowest BCUT2D eigenvalue weighted by molar-refractivity contribution is -0.125. The van der Waals surface area contributed by atoms with Gasteiger partial charge in [-0.2, -0.15) is 0 Å². The van der Waals surface area contributed by atoms with Crippen molar-refractivity contribution in [2.24, 2.45) is 0 Å². The molecule has 0 heterocycles. The highest BCUT2D eigenvalue weighted by Gasteiger charge is 2.08. The summed E-state index contributed by atoms with van der Waals surface area (Å²) in [4.78, 5) is 12.9. The minimum atomic E-state index is 0. The molecule has 0 saturated carbocycles. The molecule has 13 heavy (non-hydrogen) atoms. The van der Waals surface area contributed by atoms with Crippen LogP contribution in [0.15, 0.2) is 11.8 Å². The Hall–Kier alpha value is -0.260. The molecule has 0 spiro atoms. The van der Waals surface area contributed by atoms with Gasteiger partial charge in [0.15, 0.2) is 0 Å². The van der Waals surface area contributed by atoms with E-state index in [2.05, 4.69) is 12.2 Å². The minimum absolute atomic E-state index is 0. The van der Waals surface area contributed by atoms with Crippen molar-refractivity contribution in [2.75, 3.05) is 20.6 Å². The summed E-state index contributed by atoms with van der Waals surface area (Å²) < 4.78 is 0. The largest absolute Gasteiger partial charge is 0.381 e. The summed E-state index contributed by atoms with van der Waals surface area (Å²) in [5.74, 6) is 0.0333. The standard InChI is InChI=1S/C9H18N2O.HI/c1-5-7-10-8(6-2)9(12)11(3)4;/h6,10H,5,7H2,1-4H3;1H. The Morgan fingerprint density at radius 3 is 2.31 bits per heavy atom. The van der Waals surface area contributed by atoms with Crippen LogP contribution >= 0.6 is 24.0 Å². The van der Waals surface area contributed by atoms with Crippen LogP contribution in [0.3, 0.4) is 0 Å². The van der Waals surface area contributed by atoms with E-state index in [-0.39, 0.29) is 29.9 Å². The van der Waals surface area contributed by atoms with E-state index in [1.165, 1.54) is 0 Å². The lowest BCUT2D eigenvalue weighted by Crippen LogP contribution is -2.31. The Bertz CT molecular complexity index is 178. The highest BCUT2D eigenvalue weighted by Crippen LogP contribution is 1.94. The molecule has 0 aromatic rings. The van der Waals surface area contributed by atoms with E-state index in [0.717, 1.165) is 13.0 Å². The first kappa shape index (κ1) is 15.2. The Labute approximate surface area is 97.6 Å². The SMILES string of the molecule is CC=C(NCCC)C(=O)N(C)C.I. The fraction of sp³-hybridized carbons (Fsp3) is 0.667. The summed E-state index contributed by atoms with van der Waals surface area (Å²) in [6.07, 6.45) is 2.83. The first-order chi connectivity index (χ1) is 5.63. The second kappa shape index (κ2) is 8.34. The van der Waals surface area contributed by atoms with Crippen molar-refractivity contribution < 1.29 is 4.79 Å². The van der Waals surface area contributed by atoms with Crippen molar-refractivity contribution in [2.45, 2.75) is 20.3 Å². The summed E-state index contributed by atoms with van der Waals surface area (Å²) in [5.41, 5.74) is 0.682. The molecule has 0 aliphatic carbocycles. The molecule has 1 amide bonds. The van der Waals surface area contributed by atoms with Gasteiger partial charge in [-0.05, 0) is 13.3 Å². The van der Waals surface area contributed by atoms with Crippen LogP contribution in [-0.4, -0.2) is 31.4 Å². The van der Waals surface area contributed by atoms with Gasteiger partial charge in [-0.1, -0.05) is 13.0 Å². The van der Waals surface area contributed by atoms with E-state index in [0.29, 0.717) is 5.70 Å². The first-order valence-corrected chi connectivity index (χ1v) is 4.25. The fourth-order valence-electron chi connectivity index (χ4n) is 0.802. The third kappa shape index (κ3) is 5.90. The number of carbonyl (C=O) groups excluding carboxylic acids is 1. The van der Waals surface area contributed by atoms with Gasteiger partial charge in [-0.15, -0.1) is 24.0 Å². The monoisotopic (exact) mass is 298 g/mol. The fourth-order valence-corrected chi connectivity index (χ4v) is 0.802. The van der Waals surface area contributed by atoms with Crippen LogP contribution in [0.1, 0.15) is 20.3 Å². The quantitative estimate of drug-likeness (QED) is 0.631. The minimum Gasteiger partial charge on any atom is -0.381 e.